The van der Waals surface area contributed by atoms with E-state index >= 15 is 0 Å². The summed E-state index contributed by atoms with van der Waals surface area (Å²) in [6.45, 7) is 1.91. The second kappa shape index (κ2) is 2.60. The molecule has 1 heterocycles. The molecule has 0 aromatic carbocycles. The van der Waals surface area contributed by atoms with E-state index in [0.717, 1.165) is 3.70 Å². The van der Waals surface area contributed by atoms with Crippen molar-refractivity contribution in [3.8, 4) is 0 Å². The van der Waals surface area contributed by atoms with E-state index in [9.17, 15) is 0 Å². The van der Waals surface area contributed by atoms with Gasteiger partial charge in [0.05, 0.1) is 9.75 Å². The van der Waals surface area contributed by atoms with Crippen molar-refractivity contribution in [3.05, 3.63) is 21.6 Å². The average Bonchev–Trinajstić information content (AvgIpc) is 1.80. The predicted octanol–water partition coefficient (Wildman–Crippen LogP) is 1.70. The molecule has 3 heteroatoms. The minimum Gasteiger partial charge on any atom is -0.510 e. The fraction of sp³-hybridized carbons (Fsp3) is 0.333. The van der Waals surface area contributed by atoms with Gasteiger partial charge < -0.3 is 10.4 Å². The number of aliphatic hydroxyl groups is 1. The Balaban J connectivity index is 2.74. The van der Waals surface area contributed by atoms with Gasteiger partial charge in [-0.2, -0.15) is 0 Å². The summed E-state index contributed by atoms with van der Waals surface area (Å²) in [5.41, 5.74) is 0. The molecular formula is C6H8INO. The van der Waals surface area contributed by atoms with E-state index < -0.39 is 0 Å². The smallest absolute Gasteiger partial charge is 0.114 e. The van der Waals surface area contributed by atoms with Crippen LogP contribution in [0.25, 0.3) is 0 Å². The van der Waals surface area contributed by atoms with E-state index in [1.54, 1.807) is 6.08 Å². The second-order valence-electron chi connectivity index (χ2n) is 1.97. The first kappa shape index (κ1) is 6.92. The molecule has 0 bridgehead atoms. The summed E-state index contributed by atoms with van der Waals surface area (Å²) in [4.78, 5) is 0. The van der Waals surface area contributed by atoms with Crippen molar-refractivity contribution < 1.29 is 5.11 Å². The standard InChI is InChI=1S/C6H8INO/c1-4-5(9)2-3-6(7)8-4/h2-4,8-9H,1H3. The highest BCUT2D eigenvalue weighted by molar-refractivity contribution is 14.1. The van der Waals surface area contributed by atoms with Crippen molar-refractivity contribution in [1.82, 2.24) is 5.32 Å². The lowest BCUT2D eigenvalue weighted by Gasteiger charge is -2.16. The van der Waals surface area contributed by atoms with Gasteiger partial charge >= 0.3 is 0 Å². The van der Waals surface area contributed by atoms with Crippen LogP contribution in [0, 0.1) is 0 Å². The SMILES string of the molecule is CC1NC(I)=CC=C1O. The molecule has 1 aliphatic rings. The van der Waals surface area contributed by atoms with E-state index in [-0.39, 0.29) is 6.04 Å². The normalized spacial score (nSPS) is 26.2. The van der Waals surface area contributed by atoms with Crippen LogP contribution in [-0.4, -0.2) is 11.1 Å². The molecule has 1 atom stereocenters. The first-order valence-corrected chi connectivity index (χ1v) is 3.81. The quantitative estimate of drug-likeness (QED) is 0.496. The zero-order valence-corrected chi connectivity index (χ0v) is 7.21. The minimum atomic E-state index is 0.0712. The molecule has 0 saturated heterocycles. The molecule has 0 aromatic heterocycles. The third kappa shape index (κ3) is 1.61. The van der Waals surface area contributed by atoms with Gasteiger partial charge in [-0.3, -0.25) is 0 Å². The number of hydrogen-bond donors (Lipinski definition) is 2. The van der Waals surface area contributed by atoms with Gasteiger partial charge in [0.15, 0.2) is 0 Å². The summed E-state index contributed by atoms with van der Waals surface area (Å²) in [6.07, 6.45) is 3.55. The molecular weight excluding hydrogens is 229 g/mol. The number of aliphatic hydroxyl groups excluding tert-OH is 1. The maximum absolute atomic E-state index is 9.05. The van der Waals surface area contributed by atoms with Gasteiger partial charge in [-0.05, 0) is 41.7 Å². The van der Waals surface area contributed by atoms with E-state index in [2.05, 4.69) is 27.9 Å². The summed E-state index contributed by atoms with van der Waals surface area (Å²) < 4.78 is 1.07. The Kier molecular flexibility index (Phi) is 2.00. The third-order valence-corrected chi connectivity index (χ3v) is 1.87. The van der Waals surface area contributed by atoms with Crippen LogP contribution >= 0.6 is 22.6 Å². The predicted molar refractivity (Wildman–Crippen MR) is 45.4 cm³/mol. The van der Waals surface area contributed by atoms with E-state index in [1.165, 1.54) is 0 Å². The summed E-state index contributed by atoms with van der Waals surface area (Å²) in [7, 11) is 0. The molecule has 2 N–H and O–H groups in total. The van der Waals surface area contributed by atoms with Crippen LogP contribution < -0.4 is 5.32 Å². The lowest BCUT2D eigenvalue weighted by molar-refractivity contribution is 0.358. The van der Waals surface area contributed by atoms with Gasteiger partial charge in [-0.1, -0.05) is 0 Å². The van der Waals surface area contributed by atoms with Crippen molar-refractivity contribution in [2.24, 2.45) is 0 Å². The van der Waals surface area contributed by atoms with Crippen LogP contribution in [0.4, 0.5) is 0 Å². The zero-order valence-electron chi connectivity index (χ0n) is 5.06. The van der Waals surface area contributed by atoms with Crippen LogP contribution in [0.1, 0.15) is 6.92 Å². The highest BCUT2D eigenvalue weighted by Crippen LogP contribution is 2.12. The fourth-order valence-corrected chi connectivity index (χ4v) is 1.28. The Morgan fingerprint density at radius 2 is 2.33 bits per heavy atom. The minimum absolute atomic E-state index is 0.0712. The molecule has 2 nitrogen and oxygen atoms in total. The molecule has 1 aliphatic heterocycles. The Morgan fingerprint density at radius 3 is 2.78 bits per heavy atom. The molecule has 0 spiro atoms. The van der Waals surface area contributed by atoms with E-state index in [1.807, 2.05) is 13.0 Å². The number of nitrogens with one attached hydrogen (secondary N) is 1. The van der Waals surface area contributed by atoms with Crippen molar-refractivity contribution in [2.45, 2.75) is 13.0 Å². The number of halogens is 1. The van der Waals surface area contributed by atoms with Gasteiger partial charge in [-0.15, -0.1) is 0 Å². The molecule has 9 heavy (non-hydrogen) atoms. The summed E-state index contributed by atoms with van der Waals surface area (Å²) in [6, 6.07) is 0.0712. The molecule has 0 saturated carbocycles. The van der Waals surface area contributed by atoms with Crippen LogP contribution in [0.15, 0.2) is 21.6 Å². The molecule has 0 radical (unpaired) electrons. The number of rotatable bonds is 0. The first-order valence-electron chi connectivity index (χ1n) is 2.73. The van der Waals surface area contributed by atoms with Crippen molar-refractivity contribution in [1.29, 1.82) is 0 Å². The molecule has 0 aliphatic carbocycles. The molecule has 1 rings (SSSR count). The van der Waals surface area contributed by atoms with Crippen LogP contribution in [-0.2, 0) is 0 Å². The van der Waals surface area contributed by atoms with E-state index in [4.69, 9.17) is 5.11 Å². The highest BCUT2D eigenvalue weighted by Gasteiger charge is 2.09. The van der Waals surface area contributed by atoms with Crippen LogP contribution in [0.2, 0.25) is 0 Å². The largest absolute Gasteiger partial charge is 0.510 e. The molecule has 50 valence electrons. The van der Waals surface area contributed by atoms with Gasteiger partial charge in [0.2, 0.25) is 0 Å². The average molecular weight is 237 g/mol. The van der Waals surface area contributed by atoms with Gasteiger partial charge in [-0.25, -0.2) is 0 Å². The monoisotopic (exact) mass is 237 g/mol. The number of allylic oxidation sites excluding steroid dienone is 2. The second-order valence-corrected chi connectivity index (χ2v) is 3.13. The molecule has 1 unspecified atom stereocenters. The number of dihydropyridines is 1. The van der Waals surface area contributed by atoms with Crippen LogP contribution in [0.3, 0.4) is 0 Å². The molecule has 0 fully saturated rings. The van der Waals surface area contributed by atoms with E-state index in [0.29, 0.717) is 5.76 Å². The lowest BCUT2D eigenvalue weighted by atomic mass is 10.2. The summed E-state index contributed by atoms with van der Waals surface area (Å²) in [5, 5.41) is 12.1. The first-order chi connectivity index (χ1) is 4.20. The van der Waals surface area contributed by atoms with Gasteiger partial charge in [0.25, 0.3) is 0 Å². The Labute approximate surface area is 67.8 Å². The molecule has 0 amide bonds. The fourth-order valence-electron chi connectivity index (χ4n) is 0.632. The summed E-state index contributed by atoms with van der Waals surface area (Å²) >= 11 is 2.18. The van der Waals surface area contributed by atoms with Crippen molar-refractivity contribution >= 4 is 22.6 Å². The Bertz CT molecular complexity index is 174. The van der Waals surface area contributed by atoms with Gasteiger partial charge in [0, 0.05) is 0 Å². The maximum Gasteiger partial charge on any atom is 0.114 e. The third-order valence-electron chi connectivity index (χ3n) is 1.20. The van der Waals surface area contributed by atoms with Gasteiger partial charge in [0.1, 0.15) is 5.76 Å². The Hall–Kier alpha value is -0.190. The summed E-state index contributed by atoms with van der Waals surface area (Å²) in [5.74, 6) is 0.399. The zero-order chi connectivity index (χ0) is 6.85. The highest BCUT2D eigenvalue weighted by atomic mass is 127. The van der Waals surface area contributed by atoms with Crippen LogP contribution in [0.5, 0.6) is 0 Å². The maximum atomic E-state index is 9.05. The molecule has 0 aromatic rings. The lowest BCUT2D eigenvalue weighted by Crippen LogP contribution is -2.27. The topological polar surface area (TPSA) is 32.3 Å². The van der Waals surface area contributed by atoms with Crippen molar-refractivity contribution in [3.63, 3.8) is 0 Å². The number of hydrogen-bond acceptors (Lipinski definition) is 2. The van der Waals surface area contributed by atoms with Crippen molar-refractivity contribution in [2.75, 3.05) is 0 Å². The Morgan fingerprint density at radius 1 is 1.67 bits per heavy atom.